The summed E-state index contributed by atoms with van der Waals surface area (Å²) in [6.45, 7) is 3.95. The van der Waals surface area contributed by atoms with Crippen LogP contribution in [0.3, 0.4) is 0 Å². The molecule has 1 aromatic heterocycles. The SMILES string of the molecule is CCc1nnc(NC(=O)c2cc(C)cc(Br)c2)s1. The predicted molar refractivity (Wildman–Crippen MR) is 76.1 cm³/mol. The molecular weight excluding hydrogens is 314 g/mol. The maximum absolute atomic E-state index is 12.0. The molecule has 0 aliphatic heterocycles. The molecule has 0 aliphatic carbocycles. The fraction of sp³-hybridized carbons (Fsp3) is 0.250. The van der Waals surface area contributed by atoms with E-state index in [2.05, 4.69) is 31.4 Å². The number of aromatic nitrogens is 2. The van der Waals surface area contributed by atoms with Gasteiger partial charge in [0.05, 0.1) is 0 Å². The number of aryl methyl sites for hydroxylation is 2. The summed E-state index contributed by atoms with van der Waals surface area (Å²) >= 11 is 4.78. The largest absolute Gasteiger partial charge is 0.296 e. The summed E-state index contributed by atoms with van der Waals surface area (Å²) in [6, 6.07) is 5.57. The van der Waals surface area contributed by atoms with Crippen LogP contribution in [-0.2, 0) is 6.42 Å². The summed E-state index contributed by atoms with van der Waals surface area (Å²) in [5.74, 6) is -0.168. The number of hydrogen-bond donors (Lipinski definition) is 1. The van der Waals surface area contributed by atoms with E-state index in [0.717, 1.165) is 21.5 Å². The molecule has 0 aliphatic rings. The molecule has 1 aromatic carbocycles. The van der Waals surface area contributed by atoms with Crippen molar-refractivity contribution >= 4 is 38.3 Å². The minimum atomic E-state index is -0.168. The summed E-state index contributed by atoms with van der Waals surface area (Å²) in [7, 11) is 0. The van der Waals surface area contributed by atoms with E-state index >= 15 is 0 Å². The van der Waals surface area contributed by atoms with Crippen LogP contribution in [0.4, 0.5) is 5.13 Å². The maximum atomic E-state index is 12.0. The molecule has 0 saturated carbocycles. The van der Waals surface area contributed by atoms with Crippen LogP contribution in [-0.4, -0.2) is 16.1 Å². The highest BCUT2D eigenvalue weighted by Crippen LogP contribution is 2.19. The first-order valence-electron chi connectivity index (χ1n) is 5.49. The van der Waals surface area contributed by atoms with E-state index in [1.165, 1.54) is 11.3 Å². The van der Waals surface area contributed by atoms with Crippen molar-refractivity contribution in [3.05, 3.63) is 38.8 Å². The number of anilines is 1. The highest BCUT2D eigenvalue weighted by Gasteiger charge is 2.10. The molecule has 1 N–H and O–H groups in total. The maximum Gasteiger partial charge on any atom is 0.257 e. The summed E-state index contributed by atoms with van der Waals surface area (Å²) in [4.78, 5) is 12.0. The number of halogens is 1. The fourth-order valence-electron chi connectivity index (χ4n) is 1.48. The minimum Gasteiger partial charge on any atom is -0.296 e. The highest BCUT2D eigenvalue weighted by atomic mass is 79.9. The van der Waals surface area contributed by atoms with Crippen molar-refractivity contribution in [3.8, 4) is 0 Å². The van der Waals surface area contributed by atoms with E-state index in [9.17, 15) is 4.79 Å². The molecule has 0 bridgehead atoms. The van der Waals surface area contributed by atoms with Gasteiger partial charge in [-0.05, 0) is 37.1 Å². The predicted octanol–water partition coefficient (Wildman–Crippen LogP) is 3.42. The van der Waals surface area contributed by atoms with Crippen LogP contribution in [0, 0.1) is 6.92 Å². The zero-order valence-electron chi connectivity index (χ0n) is 10.0. The van der Waals surface area contributed by atoms with E-state index in [1.54, 1.807) is 6.07 Å². The Morgan fingerprint density at radius 2 is 2.17 bits per heavy atom. The molecule has 4 nitrogen and oxygen atoms in total. The topological polar surface area (TPSA) is 54.9 Å². The Morgan fingerprint density at radius 1 is 1.39 bits per heavy atom. The second-order valence-electron chi connectivity index (χ2n) is 3.83. The van der Waals surface area contributed by atoms with Crippen molar-refractivity contribution in [2.45, 2.75) is 20.3 Å². The molecule has 0 radical (unpaired) electrons. The number of benzene rings is 1. The van der Waals surface area contributed by atoms with E-state index in [1.807, 2.05) is 26.0 Å². The van der Waals surface area contributed by atoms with Crippen molar-refractivity contribution in [2.24, 2.45) is 0 Å². The minimum absolute atomic E-state index is 0.168. The molecule has 0 fully saturated rings. The van der Waals surface area contributed by atoms with Gasteiger partial charge in [0.25, 0.3) is 5.91 Å². The first kappa shape index (κ1) is 13.2. The van der Waals surface area contributed by atoms with E-state index in [-0.39, 0.29) is 5.91 Å². The third-order valence-electron chi connectivity index (χ3n) is 2.29. The zero-order valence-corrected chi connectivity index (χ0v) is 12.4. The van der Waals surface area contributed by atoms with Crippen LogP contribution in [0.15, 0.2) is 22.7 Å². The fourth-order valence-corrected chi connectivity index (χ4v) is 2.77. The second-order valence-corrected chi connectivity index (χ2v) is 5.80. The molecule has 2 rings (SSSR count). The average molecular weight is 326 g/mol. The molecule has 0 spiro atoms. The molecule has 2 aromatic rings. The van der Waals surface area contributed by atoms with Gasteiger partial charge in [0.15, 0.2) is 0 Å². The number of amides is 1. The molecule has 0 saturated heterocycles. The van der Waals surface area contributed by atoms with Crippen LogP contribution >= 0.6 is 27.3 Å². The van der Waals surface area contributed by atoms with Gasteiger partial charge in [-0.25, -0.2) is 0 Å². The molecule has 0 unspecified atom stereocenters. The van der Waals surface area contributed by atoms with Gasteiger partial charge < -0.3 is 0 Å². The Balaban J connectivity index is 2.16. The van der Waals surface area contributed by atoms with Crippen LogP contribution < -0.4 is 5.32 Å². The van der Waals surface area contributed by atoms with Crippen molar-refractivity contribution in [2.75, 3.05) is 5.32 Å². The van der Waals surface area contributed by atoms with Gasteiger partial charge in [0.2, 0.25) is 5.13 Å². The summed E-state index contributed by atoms with van der Waals surface area (Å²) in [6.07, 6.45) is 0.823. The zero-order chi connectivity index (χ0) is 13.1. The number of hydrogen-bond acceptors (Lipinski definition) is 4. The lowest BCUT2D eigenvalue weighted by molar-refractivity contribution is 0.102. The number of carbonyl (C=O) groups excluding carboxylic acids is 1. The van der Waals surface area contributed by atoms with E-state index in [4.69, 9.17) is 0 Å². The quantitative estimate of drug-likeness (QED) is 0.940. The average Bonchev–Trinajstić information content (AvgIpc) is 2.75. The number of carbonyl (C=O) groups is 1. The summed E-state index contributed by atoms with van der Waals surface area (Å²) < 4.78 is 0.888. The van der Waals surface area contributed by atoms with Crippen LogP contribution in [0.25, 0.3) is 0 Å². The Labute approximate surface area is 118 Å². The Morgan fingerprint density at radius 3 is 2.78 bits per heavy atom. The summed E-state index contributed by atoms with van der Waals surface area (Å²) in [5.41, 5.74) is 1.64. The third-order valence-corrected chi connectivity index (χ3v) is 3.73. The lowest BCUT2D eigenvalue weighted by atomic mass is 10.1. The van der Waals surface area contributed by atoms with Crippen molar-refractivity contribution in [1.82, 2.24) is 10.2 Å². The van der Waals surface area contributed by atoms with Gasteiger partial charge in [-0.3, -0.25) is 10.1 Å². The van der Waals surface area contributed by atoms with Gasteiger partial charge in [-0.2, -0.15) is 0 Å². The third kappa shape index (κ3) is 3.14. The number of nitrogens with zero attached hydrogens (tertiary/aromatic N) is 2. The smallest absolute Gasteiger partial charge is 0.257 e. The number of rotatable bonds is 3. The Bertz CT molecular complexity index is 562. The van der Waals surface area contributed by atoms with Gasteiger partial charge >= 0.3 is 0 Å². The first-order valence-corrected chi connectivity index (χ1v) is 7.10. The molecular formula is C12H12BrN3OS. The molecule has 94 valence electrons. The lowest BCUT2D eigenvalue weighted by Crippen LogP contribution is -2.11. The Kier molecular flexibility index (Phi) is 4.08. The van der Waals surface area contributed by atoms with Crippen molar-refractivity contribution in [3.63, 3.8) is 0 Å². The standard InChI is InChI=1S/C12H12BrN3OS/c1-3-10-15-16-12(18-10)14-11(17)8-4-7(2)5-9(13)6-8/h4-6H,3H2,1-2H3,(H,14,16,17). The first-order chi connectivity index (χ1) is 8.58. The number of nitrogens with one attached hydrogen (secondary N) is 1. The van der Waals surface area contributed by atoms with Gasteiger partial charge in [0, 0.05) is 10.0 Å². The Hall–Kier alpha value is -1.27. The normalized spacial score (nSPS) is 10.4. The van der Waals surface area contributed by atoms with Gasteiger partial charge in [-0.1, -0.05) is 34.2 Å². The molecule has 0 atom stereocenters. The lowest BCUT2D eigenvalue weighted by Gasteiger charge is -2.03. The van der Waals surface area contributed by atoms with E-state index < -0.39 is 0 Å². The molecule has 1 amide bonds. The van der Waals surface area contributed by atoms with Gasteiger partial charge in [0.1, 0.15) is 5.01 Å². The van der Waals surface area contributed by atoms with Crippen LogP contribution in [0.2, 0.25) is 0 Å². The van der Waals surface area contributed by atoms with Gasteiger partial charge in [-0.15, -0.1) is 10.2 Å². The van der Waals surface area contributed by atoms with Crippen molar-refractivity contribution in [1.29, 1.82) is 0 Å². The monoisotopic (exact) mass is 325 g/mol. The van der Waals surface area contributed by atoms with E-state index in [0.29, 0.717) is 10.7 Å². The molecule has 1 heterocycles. The molecule has 18 heavy (non-hydrogen) atoms. The second kappa shape index (κ2) is 5.58. The van der Waals surface area contributed by atoms with Crippen LogP contribution in [0.5, 0.6) is 0 Å². The summed E-state index contributed by atoms with van der Waals surface area (Å²) in [5, 5.41) is 12.1. The highest BCUT2D eigenvalue weighted by molar-refractivity contribution is 9.10. The van der Waals surface area contributed by atoms with Crippen LogP contribution in [0.1, 0.15) is 27.9 Å². The molecule has 6 heteroatoms. The van der Waals surface area contributed by atoms with Crippen molar-refractivity contribution < 1.29 is 4.79 Å².